The first kappa shape index (κ1) is 37.8. The number of hydrogen-bond donors (Lipinski definition) is 3. The molecule has 288 valence electrons. The number of fused-ring (bicyclic) bond motifs is 1. The third kappa shape index (κ3) is 5.98. The van der Waals surface area contributed by atoms with Crippen LogP contribution in [0.4, 0.5) is 5.69 Å². The SMILES string of the molecule is CCCCC(=O)Oc1cc(O)n([C@]23[C@@H]4C(c5cccc(Cl)c5)[C@]42C(=O)N3[C@@H](C(=O)NCc2cccc(OC(C)C)c2)N(C=O)c2cccc(C(C)C)c2)c1O. The highest BCUT2D eigenvalue weighted by Gasteiger charge is 3.10. The van der Waals surface area contributed by atoms with E-state index in [2.05, 4.69) is 5.32 Å². The summed E-state index contributed by atoms with van der Waals surface area (Å²) in [6.07, 6.45) is 0.274. The van der Waals surface area contributed by atoms with Gasteiger partial charge in [-0.05, 0) is 79.3 Å². The Bertz CT molecular complexity index is 2170. The lowest BCUT2D eigenvalue weighted by molar-refractivity contribution is -0.178. The van der Waals surface area contributed by atoms with Gasteiger partial charge in [0.2, 0.25) is 18.2 Å². The van der Waals surface area contributed by atoms with Gasteiger partial charge in [-0.3, -0.25) is 33.5 Å². The molecule has 0 radical (unpaired) electrons. The predicted molar refractivity (Wildman–Crippen MR) is 205 cm³/mol. The number of piperidine rings is 1. The largest absolute Gasteiger partial charge is 0.494 e. The van der Waals surface area contributed by atoms with E-state index in [0.717, 1.165) is 33.7 Å². The maximum absolute atomic E-state index is 14.8. The van der Waals surface area contributed by atoms with Crippen molar-refractivity contribution in [3.05, 3.63) is 101 Å². The van der Waals surface area contributed by atoms with E-state index in [-0.39, 0.29) is 36.7 Å². The van der Waals surface area contributed by atoms with Crippen molar-refractivity contribution in [1.29, 1.82) is 0 Å². The maximum atomic E-state index is 14.8. The Balaban J connectivity index is 1.32. The highest BCUT2D eigenvalue weighted by Crippen LogP contribution is 3.00. The van der Waals surface area contributed by atoms with Crippen molar-refractivity contribution in [1.82, 2.24) is 14.8 Å². The second-order valence-corrected chi connectivity index (χ2v) is 15.5. The van der Waals surface area contributed by atoms with Gasteiger partial charge in [-0.15, -0.1) is 0 Å². The fourth-order valence-corrected chi connectivity index (χ4v) is 8.73. The quantitative estimate of drug-likeness (QED) is 0.0642. The van der Waals surface area contributed by atoms with E-state index in [4.69, 9.17) is 21.1 Å². The minimum absolute atomic E-state index is 0.0377. The number of nitrogens with zero attached hydrogens (tertiary/aromatic N) is 3. The molecule has 13 heteroatoms. The minimum Gasteiger partial charge on any atom is -0.494 e. The molecule has 3 aromatic carbocycles. The number of amides is 3. The summed E-state index contributed by atoms with van der Waals surface area (Å²) in [6, 6.07) is 22.6. The molecule has 5 atom stereocenters. The van der Waals surface area contributed by atoms with Crippen LogP contribution in [0.3, 0.4) is 0 Å². The van der Waals surface area contributed by atoms with E-state index in [9.17, 15) is 29.4 Å². The first-order valence-electron chi connectivity index (χ1n) is 18.6. The van der Waals surface area contributed by atoms with Gasteiger partial charge in [0.25, 0.3) is 5.91 Å². The smallest absolute Gasteiger partial charge is 0.311 e. The molecule has 1 aliphatic heterocycles. The predicted octanol–water partition coefficient (Wildman–Crippen LogP) is 6.77. The molecular formula is C42H45ClN4O8. The van der Waals surface area contributed by atoms with E-state index in [1.165, 1.54) is 9.80 Å². The van der Waals surface area contributed by atoms with E-state index in [1.807, 2.05) is 65.0 Å². The van der Waals surface area contributed by atoms with Gasteiger partial charge >= 0.3 is 5.97 Å². The van der Waals surface area contributed by atoms with Crippen LogP contribution in [-0.4, -0.2) is 56.1 Å². The topological polar surface area (TPSA) is 151 Å². The number of carbonyl (C=O) groups is 4. The number of carbonyl (C=O) groups excluding carboxylic acids is 4. The Morgan fingerprint density at radius 1 is 1.02 bits per heavy atom. The third-order valence-corrected chi connectivity index (χ3v) is 11.2. The molecule has 1 unspecified atom stereocenters. The average molecular weight is 769 g/mol. The van der Waals surface area contributed by atoms with Crippen LogP contribution in [0.25, 0.3) is 0 Å². The highest BCUT2D eigenvalue weighted by molar-refractivity contribution is 6.30. The molecule has 0 bridgehead atoms. The second-order valence-electron chi connectivity index (χ2n) is 15.1. The number of hydrogen-bond acceptors (Lipinski definition) is 8. The lowest BCUT2D eigenvalue weighted by Crippen LogP contribution is -2.73. The number of benzene rings is 3. The van der Waals surface area contributed by atoms with Crippen LogP contribution in [0.1, 0.15) is 82.4 Å². The van der Waals surface area contributed by atoms with Gasteiger partial charge in [-0.25, -0.2) is 0 Å². The number of β-lactam (4-membered cyclic amide) rings is 1. The van der Waals surface area contributed by atoms with Crippen LogP contribution < -0.4 is 19.7 Å². The van der Waals surface area contributed by atoms with Gasteiger partial charge in [0, 0.05) is 41.6 Å². The average Bonchev–Trinajstić information content (AvgIpc) is 3.98. The number of esters is 1. The molecule has 1 aromatic heterocycles. The number of likely N-dealkylation sites (tertiary alicyclic amines) is 1. The molecule has 1 spiro atoms. The number of aromatic hydroxyl groups is 2. The van der Waals surface area contributed by atoms with Crippen LogP contribution in [0.15, 0.2) is 78.9 Å². The Morgan fingerprint density at radius 3 is 2.44 bits per heavy atom. The summed E-state index contributed by atoms with van der Waals surface area (Å²) in [5, 5.41) is 26.6. The number of rotatable bonds is 16. The standard InChI is InChI=1S/C42H45ClN4O8/c1-6-7-17-34(50)55-32-21-33(49)46(39(32)52)42-36-35(28-13-9-14-29(43)19-28)41(36,42)40(53)47(42)38(45(23-48)30-15-10-12-27(20-30)24(2)3)37(51)44-22-26-11-8-16-31(18-26)54-25(4)5/h8-16,18-21,23-25,35-36,38,49,52H,6-7,17,22H2,1-5H3,(H,44,51)/t35?,36-,38+,41-,42+/m1/s1. The summed E-state index contributed by atoms with van der Waals surface area (Å²) in [6.45, 7) is 9.79. The Labute approximate surface area is 324 Å². The number of aromatic nitrogens is 1. The molecule has 12 nitrogen and oxygen atoms in total. The van der Waals surface area contributed by atoms with E-state index < -0.39 is 52.7 Å². The van der Waals surface area contributed by atoms with Crippen molar-refractivity contribution < 1.29 is 38.9 Å². The summed E-state index contributed by atoms with van der Waals surface area (Å²) in [5.74, 6) is -3.29. The lowest BCUT2D eigenvalue weighted by Gasteiger charge is -2.54. The second kappa shape index (κ2) is 14.3. The number of unbranched alkanes of at least 4 members (excludes halogenated alkanes) is 1. The Kier molecular flexibility index (Phi) is 9.83. The Morgan fingerprint density at radius 2 is 1.76 bits per heavy atom. The molecule has 7 rings (SSSR count). The van der Waals surface area contributed by atoms with Gasteiger partial charge in [0.1, 0.15) is 16.8 Å². The van der Waals surface area contributed by atoms with Crippen LogP contribution >= 0.6 is 11.6 Å². The summed E-state index contributed by atoms with van der Waals surface area (Å²) in [7, 11) is 0. The summed E-state index contributed by atoms with van der Waals surface area (Å²) in [4.78, 5) is 57.9. The molecule has 3 aliphatic rings. The van der Waals surface area contributed by atoms with Crippen molar-refractivity contribution in [2.75, 3.05) is 4.90 Å². The van der Waals surface area contributed by atoms with Gasteiger partial charge in [0.05, 0.1) is 6.10 Å². The number of ether oxygens (including phenoxy) is 2. The van der Waals surface area contributed by atoms with E-state index in [0.29, 0.717) is 29.3 Å². The van der Waals surface area contributed by atoms with Crippen LogP contribution in [0.2, 0.25) is 5.02 Å². The lowest BCUT2D eigenvalue weighted by atomic mass is 9.80. The van der Waals surface area contributed by atoms with Gasteiger partial charge in [-0.1, -0.05) is 75.2 Å². The molecule has 2 aliphatic carbocycles. The molecule has 2 saturated carbocycles. The van der Waals surface area contributed by atoms with Gasteiger partial charge in [-0.2, -0.15) is 0 Å². The van der Waals surface area contributed by atoms with Gasteiger partial charge in [0.15, 0.2) is 17.8 Å². The summed E-state index contributed by atoms with van der Waals surface area (Å²) >= 11 is 6.37. The number of anilines is 1. The molecule has 3 N–H and O–H groups in total. The van der Waals surface area contributed by atoms with Gasteiger partial charge < -0.3 is 25.0 Å². The normalized spacial score (nSPS) is 22.3. The molecule has 1 saturated heterocycles. The van der Waals surface area contributed by atoms with Crippen molar-refractivity contribution >= 4 is 41.5 Å². The highest BCUT2D eigenvalue weighted by atomic mass is 35.5. The zero-order valence-corrected chi connectivity index (χ0v) is 32.1. The van der Waals surface area contributed by atoms with Crippen LogP contribution in [0.5, 0.6) is 23.3 Å². The Hall–Kier alpha value is -5.49. The molecular weight excluding hydrogens is 724 g/mol. The zero-order chi connectivity index (χ0) is 39.4. The molecule has 2 heterocycles. The molecule has 55 heavy (non-hydrogen) atoms. The molecule has 4 aromatic rings. The van der Waals surface area contributed by atoms with Crippen molar-refractivity contribution in [3.63, 3.8) is 0 Å². The number of halogens is 1. The monoisotopic (exact) mass is 768 g/mol. The zero-order valence-electron chi connectivity index (χ0n) is 31.4. The van der Waals surface area contributed by atoms with Crippen LogP contribution in [0, 0.1) is 11.3 Å². The van der Waals surface area contributed by atoms with Crippen molar-refractivity contribution in [2.45, 2.75) is 90.2 Å². The van der Waals surface area contributed by atoms with E-state index in [1.54, 1.807) is 42.5 Å². The first-order valence-corrected chi connectivity index (χ1v) is 19.0. The van der Waals surface area contributed by atoms with Crippen molar-refractivity contribution in [2.24, 2.45) is 11.3 Å². The summed E-state index contributed by atoms with van der Waals surface area (Å²) in [5.41, 5.74) is 0.0615. The van der Waals surface area contributed by atoms with E-state index >= 15 is 0 Å². The fraction of sp³-hybridized carbons (Fsp3) is 0.381. The number of nitrogens with one attached hydrogen (secondary N) is 1. The van der Waals surface area contributed by atoms with Crippen LogP contribution in [-0.2, 0) is 31.4 Å². The maximum Gasteiger partial charge on any atom is 0.311 e. The minimum atomic E-state index is -1.57. The van der Waals surface area contributed by atoms with Crippen molar-refractivity contribution in [3.8, 4) is 23.3 Å². The fourth-order valence-electron chi connectivity index (χ4n) is 8.53. The molecule has 3 amide bonds. The summed E-state index contributed by atoms with van der Waals surface area (Å²) < 4.78 is 12.5. The first-order chi connectivity index (χ1) is 26.3. The molecule has 3 fully saturated rings. The third-order valence-electron chi connectivity index (χ3n) is 11.0.